The number of unbranched alkanes of at least 4 members (excludes halogenated alkanes) is 6. The highest BCUT2D eigenvalue weighted by Gasteiger charge is 2.66. The lowest BCUT2D eigenvalue weighted by Crippen LogP contribution is -2.65. The van der Waals surface area contributed by atoms with Gasteiger partial charge in [-0.25, -0.2) is 4.79 Å². The Morgan fingerprint density at radius 2 is 1.04 bits per heavy atom. The fourth-order valence-corrected chi connectivity index (χ4v) is 11.7. The van der Waals surface area contributed by atoms with Gasteiger partial charge >= 0.3 is 5.97 Å². The molecule has 4 bridgehead atoms. The molecule has 0 radical (unpaired) electrons. The molecule has 8 heteroatoms. The first-order chi connectivity index (χ1) is 25.1. The molecule has 4 saturated carbocycles. The molecule has 5 unspecified atom stereocenters. The summed E-state index contributed by atoms with van der Waals surface area (Å²) in [6.07, 6.45) is 25.8. The summed E-state index contributed by atoms with van der Waals surface area (Å²) in [7, 11) is 0. The summed E-state index contributed by atoms with van der Waals surface area (Å²) in [4.78, 5) is 12.7. The summed E-state index contributed by atoms with van der Waals surface area (Å²) >= 11 is 0. The Kier molecular flexibility index (Phi) is 13.5. The molecule has 8 nitrogen and oxygen atoms in total. The normalized spacial score (nSPS) is 38.0. The predicted molar refractivity (Wildman–Crippen MR) is 203 cm³/mol. The topological polar surface area (TPSA) is 92.7 Å². The van der Waals surface area contributed by atoms with Gasteiger partial charge in [0.1, 0.15) is 5.76 Å². The maximum atomic E-state index is 12.7. The molecule has 3 saturated heterocycles. The van der Waals surface area contributed by atoms with E-state index in [-0.39, 0.29) is 33.4 Å². The van der Waals surface area contributed by atoms with Crippen LogP contribution in [0.25, 0.3) is 0 Å². The second-order valence-corrected chi connectivity index (χ2v) is 18.3. The van der Waals surface area contributed by atoms with Gasteiger partial charge in [0.2, 0.25) is 0 Å². The van der Waals surface area contributed by atoms with Crippen molar-refractivity contribution >= 4 is 5.97 Å². The minimum Gasteiger partial charge on any atom is -0.497 e. The number of carboxylic acids is 1. The first kappa shape index (κ1) is 40.5. The lowest BCUT2D eigenvalue weighted by molar-refractivity contribution is -0.261. The fraction of sp³-hybridized carbons (Fsp3) is 0.932. The van der Waals surface area contributed by atoms with Gasteiger partial charge < -0.3 is 33.5 Å². The predicted octanol–water partition coefficient (Wildman–Crippen LogP) is 10.2. The standard InChI is InChI=1S/C44H74O8/c1-5-40(20-26-50-40)17-11-8-14-23-47-37(35(4)38(45)46)39-29-36-30-43(32-39,48-24-15-9-12-18-41(6-2)21-27-51-41)34-44(31-36,33-39)49-25-16-10-13-19-42(7-3)22-28-52-42/h36H,5-34H2,1-4H3,(H,45,46). The van der Waals surface area contributed by atoms with Crippen LogP contribution in [0.1, 0.15) is 182 Å². The Bertz CT molecular complexity index is 1130. The van der Waals surface area contributed by atoms with Crippen LogP contribution in [0.15, 0.2) is 11.3 Å². The van der Waals surface area contributed by atoms with Crippen LogP contribution in [-0.4, -0.2) is 78.7 Å². The quantitative estimate of drug-likeness (QED) is 0.0534. The van der Waals surface area contributed by atoms with E-state index in [0.29, 0.717) is 23.9 Å². The minimum absolute atomic E-state index is 0.0962. The zero-order valence-corrected chi connectivity index (χ0v) is 33.6. The zero-order valence-electron chi connectivity index (χ0n) is 33.6. The lowest BCUT2D eigenvalue weighted by atomic mass is 9.45. The molecule has 3 heterocycles. The van der Waals surface area contributed by atoms with Crippen LogP contribution < -0.4 is 0 Å². The van der Waals surface area contributed by atoms with E-state index in [2.05, 4.69) is 20.8 Å². The van der Waals surface area contributed by atoms with Crippen molar-refractivity contribution in [3.63, 3.8) is 0 Å². The van der Waals surface area contributed by atoms with Crippen molar-refractivity contribution in [1.82, 2.24) is 0 Å². The third-order valence-corrected chi connectivity index (χ3v) is 14.8. The van der Waals surface area contributed by atoms with E-state index in [0.717, 1.165) is 155 Å². The molecule has 298 valence electrons. The van der Waals surface area contributed by atoms with E-state index in [9.17, 15) is 9.90 Å². The minimum atomic E-state index is -0.872. The van der Waals surface area contributed by atoms with Crippen molar-refractivity contribution in [3.05, 3.63) is 11.3 Å². The smallest absolute Gasteiger partial charge is 0.334 e. The molecule has 7 fully saturated rings. The highest BCUT2D eigenvalue weighted by molar-refractivity contribution is 5.86. The molecular formula is C44H74O8. The van der Waals surface area contributed by atoms with Crippen LogP contribution in [0.3, 0.4) is 0 Å². The molecule has 0 amide bonds. The number of ether oxygens (including phenoxy) is 6. The van der Waals surface area contributed by atoms with Crippen molar-refractivity contribution < 1.29 is 38.3 Å². The molecule has 7 aliphatic rings. The van der Waals surface area contributed by atoms with Crippen LogP contribution >= 0.6 is 0 Å². The van der Waals surface area contributed by atoms with Crippen LogP contribution in [0.2, 0.25) is 0 Å². The van der Waals surface area contributed by atoms with Gasteiger partial charge in [0.05, 0.1) is 60.0 Å². The summed E-state index contributed by atoms with van der Waals surface area (Å²) in [5, 5.41) is 10.4. The van der Waals surface area contributed by atoms with Gasteiger partial charge in [-0.15, -0.1) is 0 Å². The summed E-state index contributed by atoms with van der Waals surface area (Å²) in [5.41, 5.74) is -0.218. The third-order valence-electron chi connectivity index (χ3n) is 14.8. The number of hydrogen-bond donors (Lipinski definition) is 1. The largest absolute Gasteiger partial charge is 0.497 e. The second-order valence-electron chi connectivity index (χ2n) is 18.3. The Balaban J connectivity index is 1.09. The first-order valence-corrected chi connectivity index (χ1v) is 21.8. The molecule has 0 aromatic carbocycles. The van der Waals surface area contributed by atoms with Gasteiger partial charge in [0.15, 0.2) is 0 Å². The Morgan fingerprint density at radius 1 is 0.615 bits per heavy atom. The number of carbonyl (C=O) groups is 1. The highest BCUT2D eigenvalue weighted by Crippen LogP contribution is 2.68. The molecule has 0 aromatic heterocycles. The summed E-state index contributed by atoms with van der Waals surface area (Å²) in [6.45, 7) is 13.3. The van der Waals surface area contributed by atoms with Crippen molar-refractivity contribution in [2.24, 2.45) is 11.3 Å². The van der Waals surface area contributed by atoms with Crippen LogP contribution in [0.5, 0.6) is 0 Å². The molecule has 3 aliphatic heterocycles. The third kappa shape index (κ3) is 9.09. The average Bonchev–Trinajstić information content (AvgIpc) is 3.06. The molecule has 7 rings (SSSR count). The Labute approximate surface area is 315 Å². The molecule has 52 heavy (non-hydrogen) atoms. The summed E-state index contributed by atoms with van der Waals surface area (Å²) in [6, 6.07) is 0. The van der Waals surface area contributed by atoms with Gasteiger partial charge in [0, 0.05) is 25.0 Å². The molecule has 5 atom stereocenters. The van der Waals surface area contributed by atoms with Gasteiger partial charge in [-0.05, 0) is 128 Å². The molecule has 0 aromatic rings. The fourth-order valence-electron chi connectivity index (χ4n) is 11.7. The molecular weight excluding hydrogens is 656 g/mol. The highest BCUT2D eigenvalue weighted by atomic mass is 16.5. The summed E-state index contributed by atoms with van der Waals surface area (Å²) < 4.78 is 38.7. The molecule has 0 spiro atoms. The van der Waals surface area contributed by atoms with Crippen LogP contribution in [-0.2, 0) is 33.2 Å². The monoisotopic (exact) mass is 731 g/mol. The van der Waals surface area contributed by atoms with Crippen molar-refractivity contribution in [2.45, 2.75) is 210 Å². The first-order valence-electron chi connectivity index (χ1n) is 21.8. The number of allylic oxidation sites excluding steroid dienone is 1. The zero-order chi connectivity index (χ0) is 36.8. The van der Waals surface area contributed by atoms with Gasteiger partial charge in [-0.2, -0.15) is 0 Å². The number of hydrogen-bond acceptors (Lipinski definition) is 7. The van der Waals surface area contributed by atoms with E-state index in [4.69, 9.17) is 28.4 Å². The Morgan fingerprint density at radius 3 is 1.40 bits per heavy atom. The van der Waals surface area contributed by atoms with Gasteiger partial charge in [-0.3, -0.25) is 0 Å². The lowest BCUT2D eigenvalue weighted by Gasteiger charge is -2.66. The van der Waals surface area contributed by atoms with E-state index in [1.807, 2.05) is 0 Å². The van der Waals surface area contributed by atoms with Crippen LogP contribution in [0, 0.1) is 11.3 Å². The van der Waals surface area contributed by atoms with Gasteiger partial charge in [-0.1, -0.05) is 52.9 Å². The van der Waals surface area contributed by atoms with E-state index < -0.39 is 5.97 Å². The van der Waals surface area contributed by atoms with Crippen molar-refractivity contribution in [1.29, 1.82) is 0 Å². The van der Waals surface area contributed by atoms with E-state index in [1.165, 1.54) is 32.1 Å². The summed E-state index contributed by atoms with van der Waals surface area (Å²) in [5.74, 6) is 0.293. The van der Waals surface area contributed by atoms with E-state index in [1.54, 1.807) is 6.92 Å². The maximum Gasteiger partial charge on any atom is 0.334 e. The second kappa shape index (κ2) is 17.3. The number of rotatable bonds is 26. The van der Waals surface area contributed by atoms with Crippen molar-refractivity contribution in [2.75, 3.05) is 39.6 Å². The Hall–Kier alpha value is -1.19. The molecule has 1 N–H and O–H groups in total. The van der Waals surface area contributed by atoms with Gasteiger partial charge in [0.25, 0.3) is 0 Å². The number of aliphatic carboxylic acids is 1. The SMILES string of the molecule is CCC1(CCCCCOC(=C(C)C(=O)O)C23CC4CC(OCCCCCC5(CC)CCO5)(CC(OCCCCCC5(CC)CCO5)(C4)C2)C3)CCO1. The van der Waals surface area contributed by atoms with Crippen LogP contribution in [0.4, 0.5) is 0 Å². The number of carboxylic acid groups (broad SMARTS) is 1. The average molecular weight is 731 g/mol. The maximum absolute atomic E-state index is 12.7. The van der Waals surface area contributed by atoms with Crippen molar-refractivity contribution in [3.8, 4) is 0 Å². The molecule has 4 aliphatic carbocycles. The van der Waals surface area contributed by atoms with E-state index >= 15 is 0 Å².